The van der Waals surface area contributed by atoms with E-state index in [1.807, 2.05) is 0 Å². The van der Waals surface area contributed by atoms with E-state index in [9.17, 15) is 14.7 Å². The summed E-state index contributed by atoms with van der Waals surface area (Å²) in [5, 5.41) is 10.4. The number of amides is 1. The summed E-state index contributed by atoms with van der Waals surface area (Å²) in [5.74, 6) is -0.405. The van der Waals surface area contributed by atoms with Crippen molar-refractivity contribution in [2.75, 3.05) is 5.73 Å². The van der Waals surface area contributed by atoms with Crippen LogP contribution in [-0.2, 0) is 0 Å². The van der Waals surface area contributed by atoms with Gasteiger partial charge in [-0.05, 0) is 55.9 Å². The molecule has 4 rings (SSSR count). The molecule has 1 fully saturated rings. The highest BCUT2D eigenvalue weighted by Crippen LogP contribution is 2.40. The van der Waals surface area contributed by atoms with E-state index in [-0.39, 0.29) is 28.2 Å². The van der Waals surface area contributed by atoms with Crippen LogP contribution in [0.2, 0.25) is 0 Å². The highest BCUT2D eigenvalue weighted by molar-refractivity contribution is 6.08. The summed E-state index contributed by atoms with van der Waals surface area (Å²) >= 11 is 0. The Labute approximate surface area is 155 Å². The predicted octanol–water partition coefficient (Wildman–Crippen LogP) is 2.27. The average molecular weight is 364 g/mol. The molecule has 0 saturated heterocycles. The smallest absolute Gasteiger partial charge is 0.266 e. The standard InChI is InChI=1S/C20H20N4O3/c1-9-3-6-14(25)10(2)17(9)24-18(21)15(19(22)26)16-13(20(24)27)7-12(8-23-16)11-4-5-11/h3,6-8,11,25H,4-5,21H2,1-2H3,(H2,22,26). The largest absolute Gasteiger partial charge is 0.508 e. The Morgan fingerprint density at radius 2 is 2.00 bits per heavy atom. The minimum atomic E-state index is -0.756. The molecule has 1 aliphatic rings. The highest BCUT2D eigenvalue weighted by atomic mass is 16.3. The Hall–Kier alpha value is -3.35. The zero-order valence-electron chi connectivity index (χ0n) is 15.1. The second kappa shape index (κ2) is 5.84. The Morgan fingerprint density at radius 3 is 2.63 bits per heavy atom. The lowest BCUT2D eigenvalue weighted by atomic mass is 10.0. The summed E-state index contributed by atoms with van der Waals surface area (Å²) in [6.45, 7) is 3.50. The molecular weight excluding hydrogens is 344 g/mol. The maximum absolute atomic E-state index is 13.3. The number of nitrogen functional groups attached to an aromatic ring is 1. The molecule has 1 amide bonds. The normalized spacial score (nSPS) is 13.9. The van der Waals surface area contributed by atoms with Gasteiger partial charge in [-0.1, -0.05) is 6.07 Å². The number of hydrogen-bond acceptors (Lipinski definition) is 5. The lowest BCUT2D eigenvalue weighted by Gasteiger charge is -2.19. The van der Waals surface area contributed by atoms with E-state index in [0.29, 0.717) is 22.6 Å². The van der Waals surface area contributed by atoms with Crippen molar-refractivity contribution in [1.29, 1.82) is 0 Å². The first kappa shape index (κ1) is 17.1. The second-order valence-electron chi connectivity index (χ2n) is 7.08. The van der Waals surface area contributed by atoms with Gasteiger partial charge in [-0.25, -0.2) is 0 Å². The van der Waals surface area contributed by atoms with Gasteiger partial charge in [0.1, 0.15) is 17.1 Å². The number of phenols is 1. The van der Waals surface area contributed by atoms with Crippen molar-refractivity contribution < 1.29 is 9.90 Å². The van der Waals surface area contributed by atoms with Crippen molar-refractivity contribution in [3.8, 4) is 11.4 Å². The van der Waals surface area contributed by atoms with E-state index in [1.54, 1.807) is 38.2 Å². The van der Waals surface area contributed by atoms with Gasteiger partial charge < -0.3 is 16.6 Å². The first-order valence-corrected chi connectivity index (χ1v) is 8.74. The molecular formula is C20H20N4O3. The van der Waals surface area contributed by atoms with Gasteiger partial charge in [-0.3, -0.25) is 19.1 Å². The summed E-state index contributed by atoms with van der Waals surface area (Å²) in [4.78, 5) is 29.8. The number of nitrogens with zero attached hydrogens (tertiary/aromatic N) is 2. The van der Waals surface area contributed by atoms with Crippen molar-refractivity contribution in [1.82, 2.24) is 9.55 Å². The van der Waals surface area contributed by atoms with E-state index in [4.69, 9.17) is 11.5 Å². The molecule has 5 N–H and O–H groups in total. The number of nitrogens with two attached hydrogens (primary N) is 2. The third kappa shape index (κ3) is 2.54. The summed E-state index contributed by atoms with van der Waals surface area (Å²) in [6, 6.07) is 5.02. The number of anilines is 1. The Morgan fingerprint density at radius 1 is 1.30 bits per heavy atom. The molecule has 0 spiro atoms. The number of benzene rings is 1. The van der Waals surface area contributed by atoms with Gasteiger partial charge in [0.15, 0.2) is 0 Å². The fourth-order valence-electron chi connectivity index (χ4n) is 3.58. The van der Waals surface area contributed by atoms with Crippen LogP contribution < -0.4 is 17.0 Å². The number of aryl methyl sites for hydroxylation is 1. The van der Waals surface area contributed by atoms with Gasteiger partial charge in [0, 0.05) is 11.8 Å². The molecule has 7 heteroatoms. The number of carbonyl (C=O) groups is 1. The van der Waals surface area contributed by atoms with E-state index in [2.05, 4.69) is 4.98 Å². The third-order valence-electron chi connectivity index (χ3n) is 5.20. The Balaban J connectivity index is 2.17. The number of primary amides is 1. The zero-order chi connectivity index (χ0) is 19.5. The minimum Gasteiger partial charge on any atom is -0.508 e. The molecule has 0 bridgehead atoms. The quantitative estimate of drug-likeness (QED) is 0.657. The van der Waals surface area contributed by atoms with E-state index >= 15 is 0 Å². The van der Waals surface area contributed by atoms with Gasteiger partial charge in [0.2, 0.25) is 0 Å². The van der Waals surface area contributed by atoms with Crippen molar-refractivity contribution in [2.24, 2.45) is 5.73 Å². The maximum Gasteiger partial charge on any atom is 0.266 e. The molecule has 2 aromatic heterocycles. The fourth-order valence-corrected chi connectivity index (χ4v) is 3.58. The van der Waals surface area contributed by atoms with E-state index in [0.717, 1.165) is 24.0 Å². The molecule has 7 nitrogen and oxygen atoms in total. The number of aromatic nitrogens is 2. The topological polar surface area (TPSA) is 124 Å². The fraction of sp³-hybridized carbons (Fsp3) is 0.250. The Bertz CT molecular complexity index is 1180. The van der Waals surface area contributed by atoms with Crippen molar-refractivity contribution in [3.05, 3.63) is 57.0 Å². The van der Waals surface area contributed by atoms with Crippen LogP contribution in [0.3, 0.4) is 0 Å². The number of phenolic OH excluding ortho intramolecular Hbond substituents is 1. The number of hydrogen-bond donors (Lipinski definition) is 3. The lowest BCUT2D eigenvalue weighted by Crippen LogP contribution is -2.28. The van der Waals surface area contributed by atoms with Crippen LogP contribution in [-0.4, -0.2) is 20.6 Å². The number of fused-ring (bicyclic) bond motifs is 1. The molecule has 27 heavy (non-hydrogen) atoms. The summed E-state index contributed by atoms with van der Waals surface area (Å²) < 4.78 is 1.26. The van der Waals surface area contributed by atoms with Gasteiger partial charge >= 0.3 is 0 Å². The predicted molar refractivity (Wildman–Crippen MR) is 103 cm³/mol. The molecule has 2 heterocycles. The van der Waals surface area contributed by atoms with Crippen LogP contribution in [0.5, 0.6) is 5.75 Å². The van der Waals surface area contributed by atoms with Crippen molar-refractivity contribution >= 4 is 22.6 Å². The molecule has 0 unspecified atom stereocenters. The van der Waals surface area contributed by atoms with Crippen LogP contribution >= 0.6 is 0 Å². The van der Waals surface area contributed by atoms with Crippen LogP contribution in [0.25, 0.3) is 16.6 Å². The molecule has 3 aromatic rings. The Kier molecular flexibility index (Phi) is 3.69. The van der Waals surface area contributed by atoms with Crippen LogP contribution in [0.15, 0.2) is 29.2 Å². The zero-order valence-corrected chi connectivity index (χ0v) is 15.1. The van der Waals surface area contributed by atoms with Gasteiger partial charge in [0.05, 0.1) is 16.6 Å². The average Bonchev–Trinajstić information content (AvgIpc) is 3.46. The second-order valence-corrected chi connectivity index (χ2v) is 7.08. The SMILES string of the molecule is Cc1ccc(O)c(C)c1-n1c(N)c(C(N)=O)c2ncc(C3CC3)cc2c1=O. The molecule has 1 aromatic carbocycles. The van der Waals surface area contributed by atoms with Gasteiger partial charge in [-0.15, -0.1) is 0 Å². The van der Waals surface area contributed by atoms with E-state index < -0.39 is 5.91 Å². The monoisotopic (exact) mass is 364 g/mol. The summed E-state index contributed by atoms with van der Waals surface area (Å²) in [7, 11) is 0. The van der Waals surface area contributed by atoms with E-state index in [1.165, 1.54) is 4.57 Å². The third-order valence-corrected chi connectivity index (χ3v) is 5.20. The number of pyridine rings is 2. The van der Waals surface area contributed by atoms with Crippen molar-refractivity contribution in [3.63, 3.8) is 0 Å². The first-order valence-electron chi connectivity index (χ1n) is 8.74. The highest BCUT2D eigenvalue weighted by Gasteiger charge is 2.27. The molecule has 1 saturated carbocycles. The summed E-state index contributed by atoms with van der Waals surface area (Å²) in [6.07, 6.45) is 3.80. The molecule has 0 aliphatic heterocycles. The van der Waals surface area contributed by atoms with Crippen LogP contribution in [0.4, 0.5) is 5.82 Å². The minimum absolute atomic E-state index is 0.00842. The van der Waals surface area contributed by atoms with Crippen molar-refractivity contribution in [2.45, 2.75) is 32.6 Å². The molecule has 0 atom stereocenters. The number of aromatic hydroxyl groups is 1. The molecule has 0 radical (unpaired) electrons. The maximum atomic E-state index is 13.3. The van der Waals surface area contributed by atoms with Gasteiger partial charge in [-0.2, -0.15) is 0 Å². The lowest BCUT2D eigenvalue weighted by molar-refractivity contribution is 0.100. The molecule has 1 aliphatic carbocycles. The molecule has 138 valence electrons. The summed E-state index contributed by atoms with van der Waals surface area (Å²) in [5.41, 5.74) is 14.3. The van der Waals surface area contributed by atoms with Crippen LogP contribution in [0.1, 0.15) is 45.8 Å². The van der Waals surface area contributed by atoms with Crippen LogP contribution in [0, 0.1) is 13.8 Å². The first-order chi connectivity index (χ1) is 12.8. The number of carbonyl (C=O) groups excluding carboxylic acids is 1. The van der Waals surface area contributed by atoms with Gasteiger partial charge in [0.25, 0.3) is 11.5 Å². The number of rotatable bonds is 3.